The van der Waals surface area contributed by atoms with Gasteiger partial charge in [0.25, 0.3) is 0 Å². The van der Waals surface area contributed by atoms with Gasteiger partial charge >= 0.3 is 0 Å². The van der Waals surface area contributed by atoms with Crippen molar-refractivity contribution in [3.05, 3.63) is 34.9 Å². The summed E-state index contributed by atoms with van der Waals surface area (Å²) < 4.78 is 20.3. The molecule has 0 aromatic rings. The van der Waals surface area contributed by atoms with Gasteiger partial charge in [-0.2, -0.15) is 0 Å². The third-order valence-corrected chi connectivity index (χ3v) is 41.0. The summed E-state index contributed by atoms with van der Waals surface area (Å²) in [6.45, 7) is 56.9. The molecule has 34 unspecified atom stereocenters. The van der Waals surface area contributed by atoms with Crippen molar-refractivity contribution in [1.29, 1.82) is 0 Å². The van der Waals surface area contributed by atoms with Crippen LogP contribution in [0.1, 0.15) is 340 Å². The van der Waals surface area contributed by atoms with Crippen LogP contribution in [0.15, 0.2) is 34.9 Å². The Morgan fingerprint density at radius 3 is 1.18 bits per heavy atom. The van der Waals surface area contributed by atoms with Gasteiger partial charge in [-0.05, 0) is 349 Å². The Kier molecular flexibility index (Phi) is 17.8. The zero-order chi connectivity index (χ0) is 75.0. The minimum absolute atomic E-state index is 0.0390. The summed E-state index contributed by atoms with van der Waals surface area (Å²) in [7, 11) is 0. The van der Waals surface area contributed by atoms with Gasteiger partial charge in [0, 0.05) is 29.6 Å². The highest BCUT2D eigenvalue weighted by molar-refractivity contribution is 5.34. The molecule has 6 N–H and O–H groups in total. The number of fused-ring (bicyclic) bond motifs is 15. The van der Waals surface area contributed by atoms with E-state index < -0.39 is 57.7 Å². The van der Waals surface area contributed by atoms with Crippen molar-refractivity contribution >= 4 is 0 Å². The highest BCUT2D eigenvalue weighted by Crippen LogP contribution is 2.86. The smallest absolute Gasteiger partial charge is 0.201 e. The largest absolute Gasteiger partial charge is 0.390 e. The molecule has 3 saturated heterocycles. The summed E-state index contributed by atoms with van der Waals surface area (Å²) in [5.41, 5.74) is 2.61. The predicted molar refractivity (Wildman–Crippen MR) is 415 cm³/mol. The van der Waals surface area contributed by atoms with E-state index in [1.165, 1.54) is 133 Å². The van der Waals surface area contributed by atoms with Crippen molar-refractivity contribution in [1.82, 2.24) is 0 Å². The molecule has 17 fully saturated rings. The van der Waals surface area contributed by atoms with Crippen LogP contribution in [0.25, 0.3) is 0 Å². The average molecular weight is 1430 g/mol. The van der Waals surface area contributed by atoms with Gasteiger partial charge in [0.15, 0.2) is 0 Å². The summed E-state index contributed by atoms with van der Waals surface area (Å²) >= 11 is 0. The molecule has 0 aromatic heterocycles. The lowest BCUT2D eigenvalue weighted by Gasteiger charge is -2.71. The second kappa shape index (κ2) is 23.7. The first-order valence-electron chi connectivity index (χ1n) is 43.7. The molecular formula is C94H154O9. The molecule has 17 rings (SSSR count). The van der Waals surface area contributed by atoms with Crippen molar-refractivity contribution in [2.75, 3.05) is 0 Å². The highest BCUT2D eigenvalue weighted by Gasteiger charge is 2.86. The Morgan fingerprint density at radius 2 is 0.757 bits per heavy atom. The molecule has 0 aromatic carbocycles. The standard InChI is InChI=1S/2C32H52O2.C30H50O5/c1-20(2)9-12-25-30(8,33)26-22-10-11-24-28(6)15-13-21(3)27(4,5)23(28)14-16-29(24,7)31(22)17-18-32(26,19-31)34-25;1-20(2)17-22-18-30(8,33)26-23-9-10-25-28(6)13-11-21(3)27(4,5)24(28)12-14-29(25,7)31(23)15-16-32(26,19-31)34-22;1-17(2)9-12-22-28(8,32)23-19-10-11-21-26(6)15-13-18(3)25(4,5)20(26)14-16-27(21,7)29(19,33)24(31)30(23,34)35-22/h9,21-26,33H,10-19H2,1-8H3;17,21-26,33H,9-16,18-19H2,1-8H3;9,18-24,31-34H,10-16H2,1-8H3. The summed E-state index contributed by atoms with van der Waals surface area (Å²) in [5, 5.41) is 72.1. The van der Waals surface area contributed by atoms with Crippen molar-refractivity contribution in [3.8, 4) is 0 Å². The van der Waals surface area contributed by atoms with E-state index in [-0.39, 0.29) is 40.2 Å². The van der Waals surface area contributed by atoms with Crippen LogP contribution in [-0.2, 0) is 14.2 Å². The van der Waals surface area contributed by atoms with Crippen LogP contribution in [0.5, 0.6) is 0 Å². The minimum Gasteiger partial charge on any atom is -0.390 e. The maximum absolute atomic E-state index is 12.6. The van der Waals surface area contributed by atoms with E-state index in [9.17, 15) is 30.6 Å². The van der Waals surface area contributed by atoms with Crippen molar-refractivity contribution in [3.63, 3.8) is 0 Å². The van der Waals surface area contributed by atoms with Gasteiger partial charge in [0.1, 0.15) is 11.7 Å². The number of allylic oxidation sites excluding steroid dienone is 3. The molecule has 4 spiro atoms. The van der Waals surface area contributed by atoms with E-state index >= 15 is 0 Å². The summed E-state index contributed by atoms with van der Waals surface area (Å²) in [5.74, 6) is 5.41. The SMILES string of the molecule is CC(C)=CC1CC(C)(O)C2C3CCC4C5(C)CCC(C)C(C)(C)C5CCC4(C)C34CCC2(C4)O1.CC(C)=CCC1OC2(O)C(C3CCC4C5(C)CCC(C)C(C)(C)C5CCC4(C)C3(O)C2O)C1(C)O.CC(C)=CCC1OC23CCC4(C2)C(CCC2C5(C)CCC(C)C(C)(C)C5CCC24C)C3C1(C)O. The molecule has 14 saturated carbocycles. The molecule has 103 heavy (non-hydrogen) atoms. The molecule has 14 aliphatic carbocycles. The van der Waals surface area contributed by atoms with Crippen molar-refractivity contribution < 1.29 is 44.8 Å². The second-order valence-electron chi connectivity index (χ2n) is 46.4. The number of aliphatic hydroxyl groups excluding tert-OH is 1. The van der Waals surface area contributed by atoms with Gasteiger partial charge < -0.3 is 44.8 Å². The Morgan fingerprint density at radius 1 is 0.379 bits per heavy atom. The lowest BCUT2D eigenvalue weighted by molar-refractivity contribution is -0.306. The molecule has 0 amide bonds. The topological polar surface area (TPSA) is 149 Å². The van der Waals surface area contributed by atoms with Gasteiger partial charge in [-0.25, -0.2) is 0 Å². The predicted octanol–water partition coefficient (Wildman–Crippen LogP) is 20.7. The van der Waals surface area contributed by atoms with Crippen molar-refractivity contribution in [2.24, 2.45) is 148 Å². The molecule has 0 radical (unpaired) electrons. The third kappa shape index (κ3) is 9.82. The molecule has 34 atom stereocenters. The quantitative estimate of drug-likeness (QED) is 0.148. The Bertz CT molecular complexity index is 3390. The first-order chi connectivity index (χ1) is 47.5. The Hall–Kier alpha value is -1.14. The van der Waals surface area contributed by atoms with Crippen LogP contribution in [0.4, 0.5) is 0 Å². The minimum atomic E-state index is -1.95. The zero-order valence-electron chi connectivity index (χ0n) is 70.2. The molecule has 17 aliphatic rings. The van der Waals surface area contributed by atoms with E-state index in [4.69, 9.17) is 14.2 Å². The molecule has 9 nitrogen and oxygen atoms in total. The van der Waals surface area contributed by atoms with Crippen LogP contribution in [0.2, 0.25) is 0 Å². The van der Waals surface area contributed by atoms with Gasteiger partial charge in [0.05, 0.1) is 52.2 Å². The lowest BCUT2D eigenvalue weighted by atomic mass is 9.34. The number of rotatable bonds is 5. The highest BCUT2D eigenvalue weighted by atomic mass is 16.7. The van der Waals surface area contributed by atoms with E-state index in [1.807, 2.05) is 19.9 Å². The Labute approximate surface area is 628 Å². The molecule has 4 bridgehead atoms. The van der Waals surface area contributed by atoms with E-state index in [1.54, 1.807) is 6.92 Å². The van der Waals surface area contributed by atoms with Crippen LogP contribution < -0.4 is 0 Å². The fraction of sp³-hybridized carbons (Fsp3) is 0.936. The Balaban J connectivity index is 0.000000125. The first-order valence-corrected chi connectivity index (χ1v) is 43.7. The molecular weight excluding hydrogens is 1270 g/mol. The molecule has 584 valence electrons. The van der Waals surface area contributed by atoms with E-state index in [0.717, 1.165) is 79.6 Å². The number of ether oxygens (including phenoxy) is 3. The van der Waals surface area contributed by atoms with Crippen LogP contribution in [0.3, 0.4) is 0 Å². The summed E-state index contributed by atoms with van der Waals surface area (Å²) in [6.07, 6.45) is 36.6. The first kappa shape index (κ1) is 77.2. The van der Waals surface area contributed by atoms with E-state index in [0.29, 0.717) is 91.7 Å². The van der Waals surface area contributed by atoms with Crippen LogP contribution in [-0.4, -0.2) is 94.4 Å². The number of hydrogen-bond donors (Lipinski definition) is 6. The number of hydrogen-bond acceptors (Lipinski definition) is 9. The van der Waals surface area contributed by atoms with E-state index in [2.05, 4.69) is 158 Å². The third-order valence-electron chi connectivity index (χ3n) is 41.0. The van der Waals surface area contributed by atoms with Crippen molar-refractivity contribution in [2.45, 2.75) is 403 Å². The molecule has 3 heterocycles. The van der Waals surface area contributed by atoms with Crippen LogP contribution >= 0.6 is 0 Å². The van der Waals surface area contributed by atoms with Gasteiger partial charge in [0.2, 0.25) is 5.79 Å². The lowest BCUT2D eigenvalue weighted by Crippen LogP contribution is -2.70. The fourth-order valence-corrected chi connectivity index (χ4v) is 35.7. The van der Waals surface area contributed by atoms with Gasteiger partial charge in [-0.3, -0.25) is 0 Å². The molecule has 9 heteroatoms. The molecule has 3 aliphatic heterocycles. The van der Waals surface area contributed by atoms with Crippen LogP contribution in [0, 0.1) is 148 Å². The second-order valence-corrected chi connectivity index (χ2v) is 46.4. The summed E-state index contributed by atoms with van der Waals surface area (Å²) in [4.78, 5) is 0. The average Bonchev–Trinajstić information content (AvgIpc) is 1.53. The maximum Gasteiger partial charge on any atom is 0.201 e. The fourth-order valence-electron chi connectivity index (χ4n) is 35.7. The van der Waals surface area contributed by atoms with Gasteiger partial charge in [-0.1, -0.05) is 139 Å². The summed E-state index contributed by atoms with van der Waals surface area (Å²) in [6, 6.07) is 0. The monoisotopic (exact) mass is 1430 g/mol. The number of aliphatic hydroxyl groups is 6. The zero-order valence-corrected chi connectivity index (χ0v) is 70.2. The maximum atomic E-state index is 12.6. The normalized spacial score (nSPS) is 59.1. The van der Waals surface area contributed by atoms with Gasteiger partial charge in [-0.15, -0.1) is 0 Å².